The van der Waals surface area contributed by atoms with Gasteiger partial charge in [-0.1, -0.05) is 35.2 Å². The fourth-order valence-electron chi connectivity index (χ4n) is 3.23. The molecule has 0 unspecified atom stereocenters. The number of nitrogens with one attached hydrogen (secondary N) is 1. The van der Waals surface area contributed by atoms with Crippen LogP contribution in [-0.2, 0) is 11.3 Å². The molecule has 1 saturated heterocycles. The lowest BCUT2D eigenvalue weighted by Crippen LogP contribution is -2.48. The number of nitrogens with zero attached hydrogens (tertiary/aromatic N) is 3. The lowest BCUT2D eigenvalue weighted by molar-refractivity contribution is -0.134. The molecule has 1 aliphatic rings. The number of hydrogen-bond donors (Lipinski definition) is 1. The molecule has 3 rings (SSSR count). The lowest BCUT2D eigenvalue weighted by atomic mass is 9.98. The number of thioether (sulfide) groups is 1. The van der Waals surface area contributed by atoms with Crippen molar-refractivity contribution in [1.82, 2.24) is 15.1 Å². The van der Waals surface area contributed by atoms with Crippen LogP contribution in [0.1, 0.15) is 38.7 Å². The van der Waals surface area contributed by atoms with Crippen LogP contribution in [0.3, 0.4) is 0 Å². The fourth-order valence-corrected chi connectivity index (χ4v) is 4.85. The zero-order valence-corrected chi connectivity index (χ0v) is 16.6. The van der Waals surface area contributed by atoms with Gasteiger partial charge in [-0.2, -0.15) is 0 Å². The van der Waals surface area contributed by atoms with Gasteiger partial charge < -0.3 is 10.2 Å². The Morgan fingerprint density at radius 1 is 1.27 bits per heavy atom. The molecule has 0 radical (unpaired) electrons. The van der Waals surface area contributed by atoms with Gasteiger partial charge in [-0.25, -0.2) is 4.39 Å². The third-order valence-electron chi connectivity index (χ3n) is 4.56. The van der Waals surface area contributed by atoms with Gasteiger partial charge in [-0.05, 0) is 50.8 Å². The van der Waals surface area contributed by atoms with E-state index in [1.165, 1.54) is 41.7 Å². The highest BCUT2D eigenvalue weighted by Gasteiger charge is 2.28. The summed E-state index contributed by atoms with van der Waals surface area (Å²) in [6.45, 7) is 4.81. The highest BCUT2D eigenvalue weighted by atomic mass is 32.2. The molecule has 5 nitrogen and oxygen atoms in total. The van der Waals surface area contributed by atoms with Crippen LogP contribution in [0.5, 0.6) is 0 Å². The Kier molecular flexibility index (Phi) is 6.48. The van der Waals surface area contributed by atoms with Crippen LogP contribution in [0.4, 0.5) is 9.52 Å². The Morgan fingerprint density at radius 3 is 2.65 bits per heavy atom. The van der Waals surface area contributed by atoms with Crippen molar-refractivity contribution in [1.29, 1.82) is 0 Å². The van der Waals surface area contributed by atoms with E-state index in [1.807, 2.05) is 4.90 Å². The summed E-state index contributed by atoms with van der Waals surface area (Å²) in [4.78, 5) is 14.6. The maximum absolute atomic E-state index is 12.9. The first kappa shape index (κ1) is 19.1. The van der Waals surface area contributed by atoms with Gasteiger partial charge in [0.1, 0.15) is 5.82 Å². The van der Waals surface area contributed by atoms with Gasteiger partial charge in [0.25, 0.3) is 0 Å². The maximum Gasteiger partial charge on any atom is 0.233 e. The summed E-state index contributed by atoms with van der Waals surface area (Å²) in [6, 6.07) is 6.97. The first-order chi connectivity index (χ1) is 12.5. The average Bonchev–Trinajstić information content (AvgIpc) is 3.07. The topological polar surface area (TPSA) is 58.1 Å². The number of carbonyl (C=O) groups excluding carboxylic acids is 1. The number of aromatic nitrogens is 2. The van der Waals surface area contributed by atoms with Crippen LogP contribution >= 0.6 is 23.1 Å². The standard InChI is InChI=1S/C18H23FN4OS2/c1-12-4-3-5-13(2)23(12)16(24)11-25-18-22-21-17(26-18)20-10-14-6-8-15(19)9-7-14/h6-9,12-13H,3-5,10-11H2,1-2H3,(H,20,21)/t12-,13-/m0/s1. The molecule has 1 aromatic carbocycles. The molecule has 2 aromatic rings. The zero-order chi connectivity index (χ0) is 18.5. The normalized spacial score (nSPS) is 20.2. The van der Waals surface area contributed by atoms with Crippen LogP contribution < -0.4 is 5.32 Å². The molecule has 0 aliphatic carbocycles. The van der Waals surface area contributed by atoms with E-state index < -0.39 is 0 Å². The van der Waals surface area contributed by atoms with E-state index in [9.17, 15) is 9.18 Å². The summed E-state index contributed by atoms with van der Waals surface area (Å²) in [5.41, 5.74) is 0.971. The van der Waals surface area contributed by atoms with E-state index in [-0.39, 0.29) is 11.7 Å². The molecule has 26 heavy (non-hydrogen) atoms. The van der Waals surface area contributed by atoms with Crippen molar-refractivity contribution in [3.05, 3.63) is 35.6 Å². The van der Waals surface area contributed by atoms with E-state index in [2.05, 4.69) is 29.4 Å². The Hall–Kier alpha value is -1.67. The van der Waals surface area contributed by atoms with Gasteiger partial charge in [-0.3, -0.25) is 4.79 Å². The molecule has 1 aromatic heterocycles. The molecule has 2 heterocycles. The highest BCUT2D eigenvalue weighted by molar-refractivity contribution is 8.01. The predicted molar refractivity (Wildman–Crippen MR) is 104 cm³/mol. The summed E-state index contributed by atoms with van der Waals surface area (Å²) in [7, 11) is 0. The molecule has 8 heteroatoms. The average molecular weight is 395 g/mol. The van der Waals surface area contributed by atoms with Gasteiger partial charge in [0.15, 0.2) is 4.34 Å². The van der Waals surface area contributed by atoms with Crippen molar-refractivity contribution in [3.63, 3.8) is 0 Å². The summed E-state index contributed by atoms with van der Waals surface area (Å²) in [6.07, 6.45) is 3.35. The van der Waals surface area contributed by atoms with Gasteiger partial charge in [-0.15, -0.1) is 10.2 Å². The van der Waals surface area contributed by atoms with Gasteiger partial charge in [0.05, 0.1) is 5.75 Å². The Balaban J connectivity index is 1.48. The van der Waals surface area contributed by atoms with Gasteiger partial charge in [0, 0.05) is 18.6 Å². The van der Waals surface area contributed by atoms with E-state index in [1.54, 1.807) is 12.1 Å². The van der Waals surface area contributed by atoms with Crippen LogP contribution in [0.25, 0.3) is 0 Å². The molecule has 0 spiro atoms. The Morgan fingerprint density at radius 2 is 1.96 bits per heavy atom. The Bertz CT molecular complexity index is 727. The molecular formula is C18H23FN4OS2. The van der Waals surface area contributed by atoms with Gasteiger partial charge >= 0.3 is 0 Å². The molecule has 0 bridgehead atoms. The number of rotatable bonds is 6. The van der Waals surface area contributed by atoms with Crippen LogP contribution in [0.15, 0.2) is 28.6 Å². The quantitative estimate of drug-likeness (QED) is 0.745. The van der Waals surface area contributed by atoms with Crippen molar-refractivity contribution >= 4 is 34.1 Å². The highest BCUT2D eigenvalue weighted by Crippen LogP contribution is 2.28. The number of carbonyl (C=O) groups is 1. The van der Waals surface area contributed by atoms with E-state index in [0.717, 1.165) is 22.7 Å². The summed E-state index contributed by atoms with van der Waals surface area (Å²) < 4.78 is 13.7. The smallest absolute Gasteiger partial charge is 0.233 e. The second-order valence-corrected chi connectivity index (χ2v) is 8.77. The van der Waals surface area contributed by atoms with Gasteiger partial charge in [0.2, 0.25) is 11.0 Å². The minimum Gasteiger partial charge on any atom is -0.356 e. The molecule has 1 fully saturated rings. The number of likely N-dealkylation sites (tertiary alicyclic amines) is 1. The summed E-state index contributed by atoms with van der Waals surface area (Å²) >= 11 is 2.87. The SMILES string of the molecule is C[C@H]1CCC[C@H](C)N1C(=O)CSc1nnc(NCc2ccc(F)cc2)s1. The van der Waals surface area contributed by atoms with E-state index in [0.29, 0.717) is 29.5 Å². The fraction of sp³-hybridized carbons (Fsp3) is 0.500. The summed E-state index contributed by atoms with van der Waals surface area (Å²) in [5.74, 6) is 0.317. The third-order valence-corrected chi connectivity index (χ3v) is 6.56. The molecule has 1 aliphatic heterocycles. The maximum atomic E-state index is 12.9. The first-order valence-electron chi connectivity index (χ1n) is 8.78. The number of halogens is 1. The number of piperidine rings is 1. The number of hydrogen-bond acceptors (Lipinski definition) is 6. The largest absolute Gasteiger partial charge is 0.356 e. The van der Waals surface area contributed by atoms with Crippen molar-refractivity contribution in [2.24, 2.45) is 0 Å². The number of anilines is 1. The minimum absolute atomic E-state index is 0.172. The second-order valence-electron chi connectivity index (χ2n) is 6.57. The van der Waals surface area contributed by atoms with Crippen LogP contribution in [0.2, 0.25) is 0 Å². The van der Waals surface area contributed by atoms with Crippen LogP contribution in [-0.4, -0.2) is 38.8 Å². The monoisotopic (exact) mass is 394 g/mol. The van der Waals surface area contributed by atoms with E-state index >= 15 is 0 Å². The third kappa shape index (κ3) is 4.94. The van der Waals surface area contributed by atoms with Crippen molar-refractivity contribution in [2.75, 3.05) is 11.1 Å². The van der Waals surface area contributed by atoms with Crippen molar-refractivity contribution in [2.45, 2.75) is 56.1 Å². The van der Waals surface area contributed by atoms with Crippen LogP contribution in [0, 0.1) is 5.82 Å². The molecule has 140 valence electrons. The molecule has 2 atom stereocenters. The zero-order valence-electron chi connectivity index (χ0n) is 14.9. The lowest BCUT2D eigenvalue weighted by Gasteiger charge is -2.39. The molecule has 1 N–H and O–H groups in total. The molecule has 0 saturated carbocycles. The van der Waals surface area contributed by atoms with Crippen molar-refractivity contribution < 1.29 is 9.18 Å². The van der Waals surface area contributed by atoms with E-state index in [4.69, 9.17) is 0 Å². The predicted octanol–water partition coefficient (Wildman–Crippen LogP) is 4.17. The number of amides is 1. The molecular weight excluding hydrogens is 371 g/mol. The number of benzene rings is 1. The first-order valence-corrected chi connectivity index (χ1v) is 10.6. The summed E-state index contributed by atoms with van der Waals surface area (Å²) in [5, 5.41) is 12.1. The van der Waals surface area contributed by atoms with Crippen molar-refractivity contribution in [3.8, 4) is 0 Å². The Labute approximate surface area is 161 Å². The minimum atomic E-state index is -0.245. The molecule has 1 amide bonds. The second kappa shape index (κ2) is 8.81.